The Labute approximate surface area is 222 Å². The maximum absolute atomic E-state index is 13.9. The van der Waals surface area contributed by atoms with E-state index in [9.17, 15) is 9.18 Å². The maximum Gasteiger partial charge on any atom is 0.246 e. The fraction of sp³-hybridized carbons (Fsp3) is 0.517. The van der Waals surface area contributed by atoms with Crippen molar-refractivity contribution < 1.29 is 18.7 Å². The monoisotopic (exact) mass is 521 g/mol. The number of unbranched alkanes of at least 4 members (excludes halogenated alkanes) is 2. The summed E-state index contributed by atoms with van der Waals surface area (Å²) in [5.74, 6) is 0.129. The molecule has 0 radical (unpaired) electrons. The minimum Gasteiger partial charge on any atom is -0.379 e. The molecular formula is C29H36FN5O3. The third-order valence-corrected chi connectivity index (χ3v) is 7.33. The second kappa shape index (κ2) is 12.6. The summed E-state index contributed by atoms with van der Waals surface area (Å²) in [4.78, 5) is 26.1. The van der Waals surface area contributed by atoms with Crippen LogP contribution in [0.5, 0.6) is 0 Å². The fourth-order valence-electron chi connectivity index (χ4n) is 5.40. The van der Waals surface area contributed by atoms with E-state index in [0.29, 0.717) is 25.5 Å². The molecule has 0 aliphatic heterocycles. The summed E-state index contributed by atoms with van der Waals surface area (Å²) in [6.45, 7) is 3.90. The summed E-state index contributed by atoms with van der Waals surface area (Å²) in [6.07, 6.45) is 15.0. The molecule has 0 unspecified atom stereocenters. The number of pyridine rings is 1. The fourth-order valence-corrected chi connectivity index (χ4v) is 5.40. The van der Waals surface area contributed by atoms with Gasteiger partial charge in [0.2, 0.25) is 5.91 Å². The van der Waals surface area contributed by atoms with Crippen LogP contribution in [0.4, 0.5) is 4.39 Å². The van der Waals surface area contributed by atoms with Crippen LogP contribution in [0.1, 0.15) is 75.0 Å². The molecule has 2 atom stereocenters. The minimum absolute atomic E-state index is 0.0502. The lowest BCUT2D eigenvalue weighted by molar-refractivity contribution is -0.127. The molecule has 9 heteroatoms. The molecule has 2 aliphatic carbocycles. The van der Waals surface area contributed by atoms with Gasteiger partial charge in [-0.25, -0.2) is 14.4 Å². The van der Waals surface area contributed by atoms with Crippen molar-refractivity contribution >= 4 is 22.5 Å². The van der Waals surface area contributed by atoms with Gasteiger partial charge in [-0.2, -0.15) is 0 Å². The van der Waals surface area contributed by atoms with Crippen molar-refractivity contribution in [3.05, 3.63) is 59.7 Å². The number of rotatable bonds is 12. The standard InChI is InChI=1S/C29H36FN5O3/c1-2-3-4-12-37-13-14-38-19-27(36)33-22-6-5-7-23(16-22)35-11-10-20-17-32-28(34-29(20)35)24-8-9-26-25(24)15-21(30)18-31-26/h8,10-11,15,17-18,22-23H,2-7,9,12-14,16,19H2,1H3,(H,33,36)/t22-,23+/m1/s1. The number of hydrogen-bond acceptors (Lipinski definition) is 6. The van der Waals surface area contributed by atoms with Gasteiger partial charge in [0.25, 0.3) is 0 Å². The predicted molar refractivity (Wildman–Crippen MR) is 143 cm³/mol. The number of nitrogens with zero attached hydrogens (tertiary/aromatic N) is 4. The third kappa shape index (κ3) is 6.27. The first-order valence-electron chi connectivity index (χ1n) is 13.8. The molecule has 3 aromatic heterocycles. The van der Waals surface area contributed by atoms with Gasteiger partial charge in [-0.05, 0) is 44.2 Å². The zero-order valence-electron chi connectivity index (χ0n) is 22.0. The average molecular weight is 522 g/mol. The van der Waals surface area contributed by atoms with E-state index in [-0.39, 0.29) is 30.4 Å². The molecule has 5 rings (SSSR count). The molecule has 0 aromatic carbocycles. The zero-order chi connectivity index (χ0) is 26.3. The number of aromatic nitrogens is 4. The van der Waals surface area contributed by atoms with Gasteiger partial charge >= 0.3 is 0 Å². The molecule has 1 saturated carbocycles. The molecule has 0 spiro atoms. The van der Waals surface area contributed by atoms with Crippen LogP contribution in [0, 0.1) is 5.82 Å². The minimum atomic E-state index is -0.363. The summed E-state index contributed by atoms with van der Waals surface area (Å²) in [7, 11) is 0. The molecule has 0 bridgehead atoms. The highest BCUT2D eigenvalue weighted by molar-refractivity contribution is 5.84. The molecule has 2 aliphatic rings. The Morgan fingerprint density at radius 2 is 2.05 bits per heavy atom. The average Bonchev–Trinajstić information content (AvgIpc) is 3.54. The van der Waals surface area contributed by atoms with E-state index < -0.39 is 0 Å². The molecule has 3 aromatic rings. The van der Waals surface area contributed by atoms with Crippen LogP contribution in [0.2, 0.25) is 0 Å². The van der Waals surface area contributed by atoms with Crippen molar-refractivity contribution in [3.63, 3.8) is 0 Å². The third-order valence-electron chi connectivity index (χ3n) is 7.33. The van der Waals surface area contributed by atoms with Crippen LogP contribution < -0.4 is 5.32 Å². The summed E-state index contributed by atoms with van der Waals surface area (Å²) in [5, 5.41) is 4.11. The molecule has 1 fully saturated rings. The van der Waals surface area contributed by atoms with Crippen LogP contribution in [-0.4, -0.2) is 57.9 Å². The maximum atomic E-state index is 13.9. The van der Waals surface area contributed by atoms with Crippen LogP contribution in [0.15, 0.2) is 36.8 Å². The van der Waals surface area contributed by atoms with E-state index in [1.807, 2.05) is 18.3 Å². The van der Waals surface area contributed by atoms with E-state index in [4.69, 9.17) is 14.5 Å². The van der Waals surface area contributed by atoms with Gasteiger partial charge in [0.05, 0.1) is 25.1 Å². The Morgan fingerprint density at radius 1 is 1.16 bits per heavy atom. The highest BCUT2D eigenvalue weighted by Crippen LogP contribution is 2.34. The summed E-state index contributed by atoms with van der Waals surface area (Å²) in [6, 6.07) is 3.84. The largest absolute Gasteiger partial charge is 0.379 e. The Kier molecular flexibility index (Phi) is 8.75. The second-order valence-electron chi connectivity index (χ2n) is 10.1. The number of hydrogen-bond donors (Lipinski definition) is 1. The first-order valence-corrected chi connectivity index (χ1v) is 13.8. The van der Waals surface area contributed by atoms with Crippen molar-refractivity contribution in [2.24, 2.45) is 0 Å². The molecule has 8 nitrogen and oxygen atoms in total. The van der Waals surface area contributed by atoms with E-state index in [2.05, 4.69) is 33.0 Å². The summed E-state index contributed by atoms with van der Waals surface area (Å²) < 4.78 is 27.1. The van der Waals surface area contributed by atoms with Crippen molar-refractivity contribution in [1.29, 1.82) is 0 Å². The van der Waals surface area contributed by atoms with Gasteiger partial charge in [-0.15, -0.1) is 0 Å². The number of halogens is 1. The lowest BCUT2D eigenvalue weighted by Crippen LogP contribution is -2.40. The van der Waals surface area contributed by atoms with E-state index in [0.717, 1.165) is 66.6 Å². The molecule has 0 saturated heterocycles. The first kappa shape index (κ1) is 26.4. The molecule has 1 N–H and O–H groups in total. The number of carbonyl (C=O) groups is 1. The normalized spacial score (nSPS) is 18.9. The van der Waals surface area contributed by atoms with Crippen LogP contribution in [0.25, 0.3) is 16.6 Å². The van der Waals surface area contributed by atoms with Crippen LogP contribution >= 0.6 is 0 Å². The topological polar surface area (TPSA) is 91.2 Å². The Hall–Kier alpha value is -3.17. The summed E-state index contributed by atoms with van der Waals surface area (Å²) in [5.41, 5.74) is 3.28. The first-order chi connectivity index (χ1) is 18.6. The summed E-state index contributed by atoms with van der Waals surface area (Å²) >= 11 is 0. The second-order valence-corrected chi connectivity index (χ2v) is 10.1. The van der Waals surface area contributed by atoms with Crippen molar-refractivity contribution in [2.75, 3.05) is 26.4 Å². The number of allylic oxidation sites excluding steroid dienone is 1. The Balaban J connectivity index is 1.18. The number of carbonyl (C=O) groups excluding carboxylic acids is 1. The SMILES string of the molecule is CCCCCOCCOCC(=O)N[C@@H]1CCC[C@H](n2ccc3cnc(C4=CCc5ncc(F)cc54)nc32)C1. The predicted octanol–water partition coefficient (Wildman–Crippen LogP) is 4.78. The van der Waals surface area contributed by atoms with Gasteiger partial charge in [-0.3, -0.25) is 9.78 Å². The Bertz CT molecular complexity index is 1290. The highest BCUT2D eigenvalue weighted by atomic mass is 19.1. The van der Waals surface area contributed by atoms with E-state index in [1.165, 1.54) is 25.1 Å². The molecule has 38 heavy (non-hydrogen) atoms. The highest BCUT2D eigenvalue weighted by Gasteiger charge is 2.26. The van der Waals surface area contributed by atoms with Crippen LogP contribution in [0.3, 0.4) is 0 Å². The number of ether oxygens (including phenoxy) is 2. The van der Waals surface area contributed by atoms with Gasteiger partial charge in [0, 0.05) is 54.0 Å². The number of nitrogens with one attached hydrogen (secondary N) is 1. The lowest BCUT2D eigenvalue weighted by atomic mass is 9.90. The van der Waals surface area contributed by atoms with Crippen molar-refractivity contribution in [3.8, 4) is 0 Å². The van der Waals surface area contributed by atoms with Gasteiger partial charge < -0.3 is 19.4 Å². The van der Waals surface area contributed by atoms with Gasteiger partial charge in [-0.1, -0.05) is 25.8 Å². The van der Waals surface area contributed by atoms with Crippen LogP contribution in [-0.2, 0) is 20.7 Å². The number of fused-ring (bicyclic) bond motifs is 2. The van der Waals surface area contributed by atoms with Gasteiger partial charge in [0.15, 0.2) is 5.82 Å². The van der Waals surface area contributed by atoms with Gasteiger partial charge in [0.1, 0.15) is 18.1 Å². The molecule has 3 heterocycles. The Morgan fingerprint density at radius 3 is 2.95 bits per heavy atom. The molecular weight excluding hydrogens is 485 g/mol. The lowest BCUT2D eigenvalue weighted by Gasteiger charge is -2.31. The molecule has 202 valence electrons. The number of amides is 1. The van der Waals surface area contributed by atoms with Crippen molar-refractivity contribution in [2.45, 2.75) is 70.4 Å². The van der Waals surface area contributed by atoms with Crippen molar-refractivity contribution in [1.82, 2.24) is 24.8 Å². The van der Waals surface area contributed by atoms with E-state index >= 15 is 0 Å². The molecule has 1 amide bonds. The zero-order valence-corrected chi connectivity index (χ0v) is 22.0. The quantitative estimate of drug-likeness (QED) is 0.345. The smallest absolute Gasteiger partial charge is 0.246 e. The van der Waals surface area contributed by atoms with E-state index in [1.54, 1.807) is 0 Å².